The zero-order chi connectivity index (χ0) is 22.6. The van der Waals surface area contributed by atoms with E-state index in [4.69, 9.17) is 0 Å². The number of fused-ring (bicyclic) bond motifs is 7. The summed E-state index contributed by atoms with van der Waals surface area (Å²) in [7, 11) is 0. The Morgan fingerprint density at radius 3 is 1.47 bits per heavy atom. The van der Waals surface area contributed by atoms with E-state index >= 15 is 0 Å². The summed E-state index contributed by atoms with van der Waals surface area (Å²) in [5.41, 5.74) is 1.25. The van der Waals surface area contributed by atoms with Crippen molar-refractivity contribution in [2.75, 3.05) is 0 Å². The van der Waals surface area contributed by atoms with Crippen LogP contribution in [-0.4, -0.2) is 4.61 Å². The second-order valence-corrected chi connectivity index (χ2v) is 10.1. The average molecular weight is 482 g/mol. The van der Waals surface area contributed by atoms with E-state index in [9.17, 15) is 0 Å². The van der Waals surface area contributed by atoms with Crippen LogP contribution in [0.3, 0.4) is 0 Å². The van der Waals surface area contributed by atoms with Crippen LogP contribution in [0.4, 0.5) is 0 Å². The van der Waals surface area contributed by atoms with Gasteiger partial charge in [0.1, 0.15) is 0 Å². The van der Waals surface area contributed by atoms with Gasteiger partial charge in [0.05, 0.1) is 0 Å². The topological polar surface area (TPSA) is 0 Å². The van der Waals surface area contributed by atoms with Gasteiger partial charge in [-0.05, 0) is 51.2 Å². The van der Waals surface area contributed by atoms with Crippen LogP contribution in [0.15, 0.2) is 109 Å². The van der Waals surface area contributed by atoms with Crippen molar-refractivity contribution in [1.29, 1.82) is 0 Å². The van der Waals surface area contributed by atoms with Crippen molar-refractivity contribution in [3.8, 4) is 0 Å². The first-order valence-corrected chi connectivity index (χ1v) is 13.4. The van der Waals surface area contributed by atoms with Crippen LogP contribution < -0.4 is 0 Å². The molecule has 34 heavy (non-hydrogen) atoms. The third kappa shape index (κ3) is 3.20. The van der Waals surface area contributed by atoms with E-state index < -0.39 is 0 Å². The van der Waals surface area contributed by atoms with Crippen LogP contribution in [0.5, 0.6) is 0 Å². The molecule has 0 aliphatic rings. The van der Waals surface area contributed by atoms with Crippen LogP contribution in [0.1, 0.15) is 5.56 Å². The van der Waals surface area contributed by atoms with Gasteiger partial charge < -0.3 is 0 Å². The Labute approximate surface area is 207 Å². The summed E-state index contributed by atoms with van der Waals surface area (Å²) in [6.45, 7) is 0. The summed E-state index contributed by atoms with van der Waals surface area (Å²) >= 11 is 1.18. The Balaban J connectivity index is 1.49. The minimum absolute atomic E-state index is 1.18. The number of rotatable bonds is 2. The molecule has 0 nitrogen and oxygen atoms in total. The molecule has 0 radical (unpaired) electrons. The molecule has 0 heterocycles. The first-order valence-electron chi connectivity index (χ1n) is 11.7. The van der Waals surface area contributed by atoms with Gasteiger partial charge in [-0.2, -0.15) is 0 Å². The number of benzene rings is 7. The van der Waals surface area contributed by atoms with E-state index in [1.165, 1.54) is 88.0 Å². The van der Waals surface area contributed by atoms with Gasteiger partial charge >= 0.3 is 132 Å². The van der Waals surface area contributed by atoms with E-state index in [-0.39, 0.29) is 0 Å². The molecule has 0 bridgehead atoms. The summed E-state index contributed by atoms with van der Waals surface area (Å²) in [6.07, 6.45) is 4.33. The summed E-state index contributed by atoms with van der Waals surface area (Å²) in [4.78, 5) is 0. The third-order valence-corrected chi connectivity index (χ3v) is 7.59. The Bertz CT molecular complexity index is 1980. The maximum atomic E-state index is 2.38. The molecule has 7 aromatic carbocycles. The first-order chi connectivity index (χ1) is 16.7. The van der Waals surface area contributed by atoms with E-state index in [0.29, 0.717) is 0 Å². The van der Waals surface area contributed by atoms with Crippen LogP contribution >= 0.6 is 0 Å². The van der Waals surface area contributed by atoms with Crippen LogP contribution in [0, 0.1) is 0 Å². The number of hydrogen-bond acceptors (Lipinski definition) is 0. The average Bonchev–Trinajstić information content (AvgIpc) is 2.87. The van der Waals surface area contributed by atoms with Crippen molar-refractivity contribution in [2.24, 2.45) is 0 Å². The van der Waals surface area contributed by atoms with Gasteiger partial charge in [0.2, 0.25) is 0 Å². The number of allylic oxidation sites excluding steroid dienone is 1. The Hall–Kier alpha value is -3.67. The fraction of sp³-hybridized carbons (Fsp3) is 0. The second-order valence-electron chi connectivity index (χ2n) is 9.16. The summed E-state index contributed by atoms with van der Waals surface area (Å²) < 4.78 is 2.19. The normalized spacial score (nSPS) is 12.2. The van der Waals surface area contributed by atoms with Crippen molar-refractivity contribution < 1.29 is 17.9 Å². The van der Waals surface area contributed by atoms with Gasteiger partial charge in [-0.15, -0.1) is 0 Å². The summed E-state index contributed by atoms with van der Waals surface area (Å²) in [6, 6.07) is 38.6. The van der Waals surface area contributed by atoms with E-state index in [1.807, 2.05) is 0 Å². The summed E-state index contributed by atoms with van der Waals surface area (Å²) in [5.74, 6) is 0. The fourth-order valence-corrected chi connectivity index (χ4v) is 5.59. The van der Waals surface area contributed by atoms with Gasteiger partial charge in [0.15, 0.2) is 0 Å². The molecule has 0 amide bonds. The zero-order valence-corrected chi connectivity index (χ0v) is 21.7. The molecule has 0 aliphatic heterocycles. The van der Waals surface area contributed by atoms with Gasteiger partial charge in [-0.3, -0.25) is 0 Å². The SMILES string of the molecule is [Zn]=[CH]/C=C\c1ccc2cc3c(ccc4cc5cc6cc7ccccc7cc6cc5cc43)cc2c1. The molecule has 0 atom stereocenters. The molecule has 0 saturated heterocycles. The molecule has 7 aromatic rings. The molecular formula is C33H20Zn. The van der Waals surface area contributed by atoms with Crippen LogP contribution in [0.25, 0.3) is 70.7 Å². The summed E-state index contributed by atoms with van der Waals surface area (Å²) in [5, 5.41) is 15.6. The second kappa shape index (κ2) is 7.69. The van der Waals surface area contributed by atoms with Crippen LogP contribution in [0.2, 0.25) is 0 Å². The van der Waals surface area contributed by atoms with Gasteiger partial charge in [0, 0.05) is 0 Å². The van der Waals surface area contributed by atoms with Gasteiger partial charge in [0.25, 0.3) is 0 Å². The number of hydrogen-bond donors (Lipinski definition) is 0. The Morgan fingerprint density at radius 1 is 0.412 bits per heavy atom. The molecule has 0 fully saturated rings. The molecule has 7 rings (SSSR count). The van der Waals surface area contributed by atoms with Crippen molar-refractivity contribution in [3.05, 3.63) is 115 Å². The van der Waals surface area contributed by atoms with Crippen molar-refractivity contribution in [1.82, 2.24) is 0 Å². The quantitative estimate of drug-likeness (QED) is 0.131. The minimum atomic E-state index is 1.18. The van der Waals surface area contributed by atoms with Crippen LogP contribution in [-0.2, 0) is 17.9 Å². The van der Waals surface area contributed by atoms with E-state index in [0.717, 1.165) is 0 Å². The van der Waals surface area contributed by atoms with Crippen molar-refractivity contribution in [2.45, 2.75) is 0 Å². The Kier molecular flexibility index (Phi) is 4.47. The first kappa shape index (κ1) is 19.8. The molecule has 154 valence electrons. The monoisotopic (exact) mass is 480 g/mol. The molecule has 0 spiro atoms. The molecular weight excluding hydrogens is 462 g/mol. The van der Waals surface area contributed by atoms with Gasteiger partial charge in [-0.25, -0.2) is 0 Å². The van der Waals surface area contributed by atoms with Crippen molar-refractivity contribution in [3.63, 3.8) is 0 Å². The molecule has 0 aromatic heterocycles. The van der Waals surface area contributed by atoms with E-state index in [2.05, 4.69) is 120 Å². The predicted molar refractivity (Wildman–Crippen MR) is 147 cm³/mol. The predicted octanol–water partition coefficient (Wildman–Crippen LogP) is 8.97. The maximum absolute atomic E-state index is 2.38. The Morgan fingerprint density at radius 2 is 0.853 bits per heavy atom. The molecule has 0 unspecified atom stereocenters. The standard InChI is InChI=1S/C33H20.Zn/c1-2-5-21-8-9-24-19-32-25(15-27(24)12-21)10-11-26-16-30-17-28-13-22-6-3-4-7-23(22)14-29(28)18-31(30)20-33(26)32;/h1-20H;/b5-2-;. The zero-order valence-electron chi connectivity index (χ0n) is 18.8. The van der Waals surface area contributed by atoms with Gasteiger partial charge in [-0.1, -0.05) is 24.3 Å². The fourth-order valence-electron chi connectivity index (χ4n) is 5.30. The third-order valence-electron chi connectivity index (χ3n) is 7.02. The molecule has 0 saturated carbocycles. The van der Waals surface area contributed by atoms with Crippen molar-refractivity contribution >= 4 is 75.3 Å². The van der Waals surface area contributed by atoms with E-state index in [1.54, 1.807) is 0 Å². The molecule has 1 heteroatoms. The molecule has 0 aliphatic carbocycles. The molecule has 0 N–H and O–H groups in total.